The number of rotatable bonds is 5. The van der Waals surface area contributed by atoms with Crippen molar-refractivity contribution < 1.29 is 13.9 Å². The molecule has 2 rings (SSSR count). The van der Waals surface area contributed by atoms with Crippen LogP contribution >= 0.6 is 11.6 Å². The molecule has 21 heavy (non-hydrogen) atoms. The minimum absolute atomic E-state index is 0.0862. The Morgan fingerprint density at radius 2 is 2.05 bits per heavy atom. The van der Waals surface area contributed by atoms with E-state index < -0.39 is 5.91 Å². The summed E-state index contributed by atoms with van der Waals surface area (Å²) in [5.74, 6) is -0.420. The monoisotopic (exact) mass is 305 g/mol. The lowest BCUT2D eigenvalue weighted by atomic mass is 10.2. The van der Waals surface area contributed by atoms with E-state index in [1.54, 1.807) is 42.5 Å². The molecule has 0 bridgehead atoms. The largest absolute Gasteiger partial charge is 0.487 e. The molecule has 3 nitrogen and oxygen atoms in total. The first-order chi connectivity index (χ1) is 10.1. The zero-order valence-corrected chi connectivity index (χ0v) is 11.8. The Morgan fingerprint density at radius 1 is 1.29 bits per heavy atom. The summed E-state index contributed by atoms with van der Waals surface area (Å²) < 4.78 is 19.0. The van der Waals surface area contributed by atoms with Gasteiger partial charge in [0.2, 0.25) is 5.91 Å². The van der Waals surface area contributed by atoms with E-state index >= 15 is 0 Å². The van der Waals surface area contributed by atoms with Gasteiger partial charge in [0.1, 0.15) is 18.2 Å². The van der Waals surface area contributed by atoms with Gasteiger partial charge in [0, 0.05) is 11.6 Å². The molecule has 0 spiro atoms. The minimum atomic E-state index is -0.536. The third-order valence-corrected chi connectivity index (χ3v) is 3.03. The molecular formula is C16H13ClFNO2. The Labute approximate surface area is 126 Å². The highest BCUT2D eigenvalue weighted by molar-refractivity contribution is 6.32. The van der Waals surface area contributed by atoms with Crippen molar-refractivity contribution in [1.29, 1.82) is 0 Å². The van der Waals surface area contributed by atoms with Crippen molar-refractivity contribution in [3.63, 3.8) is 0 Å². The summed E-state index contributed by atoms with van der Waals surface area (Å²) in [6.45, 7) is 0.0862. The van der Waals surface area contributed by atoms with Crippen LogP contribution in [-0.4, -0.2) is 5.91 Å². The second kappa shape index (κ2) is 6.90. The number of carbonyl (C=O) groups excluding carboxylic acids is 1. The zero-order valence-electron chi connectivity index (χ0n) is 11.1. The number of nitrogens with two attached hydrogens (primary N) is 1. The third kappa shape index (κ3) is 4.33. The Bertz CT molecular complexity index is 686. The van der Waals surface area contributed by atoms with Gasteiger partial charge in [0.25, 0.3) is 0 Å². The average molecular weight is 306 g/mol. The smallest absolute Gasteiger partial charge is 0.241 e. The zero-order chi connectivity index (χ0) is 15.2. The predicted octanol–water partition coefficient (Wildman–Crippen LogP) is 3.56. The fourth-order valence-corrected chi connectivity index (χ4v) is 1.93. The standard InChI is InChI=1S/C16H13ClFNO2/c17-13-9-11(6-8-16(19)20)5-7-15(13)21-10-12-3-1-2-4-14(12)18/h1-9H,10H2,(H2,19,20)/b8-6+. The molecule has 0 aliphatic rings. The summed E-state index contributed by atoms with van der Waals surface area (Å²) >= 11 is 6.08. The minimum Gasteiger partial charge on any atom is -0.487 e. The van der Waals surface area contributed by atoms with Gasteiger partial charge in [-0.05, 0) is 29.8 Å². The number of ether oxygens (including phenoxy) is 1. The molecule has 108 valence electrons. The van der Waals surface area contributed by atoms with E-state index in [-0.39, 0.29) is 12.4 Å². The Balaban J connectivity index is 2.08. The summed E-state index contributed by atoms with van der Waals surface area (Å²) in [5, 5.41) is 0.373. The quantitative estimate of drug-likeness (QED) is 0.859. The summed E-state index contributed by atoms with van der Waals surface area (Å²) in [5.41, 5.74) is 6.19. The molecule has 0 heterocycles. The highest BCUT2D eigenvalue weighted by Gasteiger charge is 2.05. The molecule has 0 unspecified atom stereocenters. The first-order valence-corrected chi connectivity index (χ1v) is 6.57. The van der Waals surface area contributed by atoms with E-state index in [9.17, 15) is 9.18 Å². The molecule has 0 aliphatic carbocycles. The lowest BCUT2D eigenvalue weighted by molar-refractivity contribution is -0.113. The van der Waals surface area contributed by atoms with Crippen LogP contribution in [0.2, 0.25) is 5.02 Å². The first-order valence-electron chi connectivity index (χ1n) is 6.19. The van der Waals surface area contributed by atoms with Gasteiger partial charge in [-0.15, -0.1) is 0 Å². The van der Waals surface area contributed by atoms with Gasteiger partial charge in [-0.3, -0.25) is 4.79 Å². The fraction of sp³-hybridized carbons (Fsp3) is 0.0625. The maximum absolute atomic E-state index is 13.5. The van der Waals surface area contributed by atoms with Gasteiger partial charge in [0.15, 0.2) is 0 Å². The fourth-order valence-electron chi connectivity index (χ4n) is 1.69. The molecule has 0 saturated heterocycles. The average Bonchev–Trinajstić information content (AvgIpc) is 2.45. The SMILES string of the molecule is NC(=O)/C=C/c1ccc(OCc2ccccc2F)c(Cl)c1. The molecule has 5 heteroatoms. The lowest BCUT2D eigenvalue weighted by Crippen LogP contribution is -2.05. The highest BCUT2D eigenvalue weighted by Crippen LogP contribution is 2.27. The third-order valence-electron chi connectivity index (χ3n) is 2.74. The summed E-state index contributed by atoms with van der Waals surface area (Å²) in [6.07, 6.45) is 2.79. The van der Waals surface area contributed by atoms with Gasteiger partial charge in [-0.2, -0.15) is 0 Å². The second-order valence-corrected chi connectivity index (χ2v) is 4.71. The molecular weight excluding hydrogens is 293 g/mol. The number of hydrogen-bond acceptors (Lipinski definition) is 2. The molecule has 0 aliphatic heterocycles. The van der Waals surface area contributed by atoms with Crippen LogP contribution in [-0.2, 0) is 11.4 Å². The Kier molecular flexibility index (Phi) is 4.95. The number of carbonyl (C=O) groups is 1. The summed E-state index contributed by atoms with van der Waals surface area (Å²) in [7, 11) is 0. The molecule has 2 aromatic carbocycles. The van der Waals surface area contributed by atoms with Crippen molar-refractivity contribution >= 4 is 23.6 Å². The number of benzene rings is 2. The predicted molar refractivity (Wildman–Crippen MR) is 80.4 cm³/mol. The topological polar surface area (TPSA) is 52.3 Å². The van der Waals surface area contributed by atoms with E-state index in [4.69, 9.17) is 22.1 Å². The molecule has 0 saturated carbocycles. The van der Waals surface area contributed by atoms with Crippen LogP contribution in [0.4, 0.5) is 4.39 Å². The maximum atomic E-state index is 13.5. The number of hydrogen-bond donors (Lipinski definition) is 1. The number of amides is 1. The van der Waals surface area contributed by atoms with Crippen LogP contribution in [0.25, 0.3) is 6.08 Å². The van der Waals surface area contributed by atoms with E-state index in [1.165, 1.54) is 12.1 Å². The number of halogens is 2. The van der Waals surface area contributed by atoms with Gasteiger partial charge in [-0.1, -0.05) is 35.9 Å². The van der Waals surface area contributed by atoms with Crippen molar-refractivity contribution in [3.8, 4) is 5.75 Å². The van der Waals surface area contributed by atoms with Gasteiger partial charge in [0.05, 0.1) is 5.02 Å². The molecule has 0 atom stereocenters. The molecule has 2 aromatic rings. The Morgan fingerprint density at radius 3 is 2.71 bits per heavy atom. The van der Waals surface area contributed by atoms with E-state index in [0.29, 0.717) is 16.3 Å². The normalized spacial score (nSPS) is 10.8. The van der Waals surface area contributed by atoms with Crippen molar-refractivity contribution in [1.82, 2.24) is 0 Å². The van der Waals surface area contributed by atoms with E-state index in [1.807, 2.05) is 0 Å². The highest BCUT2D eigenvalue weighted by atomic mass is 35.5. The maximum Gasteiger partial charge on any atom is 0.241 e. The van der Waals surface area contributed by atoms with Crippen LogP contribution in [0.3, 0.4) is 0 Å². The van der Waals surface area contributed by atoms with Gasteiger partial charge in [-0.25, -0.2) is 4.39 Å². The molecule has 0 radical (unpaired) electrons. The van der Waals surface area contributed by atoms with E-state index in [2.05, 4.69) is 0 Å². The van der Waals surface area contributed by atoms with E-state index in [0.717, 1.165) is 5.56 Å². The van der Waals surface area contributed by atoms with Gasteiger partial charge >= 0.3 is 0 Å². The van der Waals surface area contributed by atoms with Gasteiger partial charge < -0.3 is 10.5 Å². The summed E-state index contributed by atoms with van der Waals surface area (Å²) in [4.78, 5) is 10.7. The Hall–Kier alpha value is -2.33. The lowest BCUT2D eigenvalue weighted by Gasteiger charge is -2.09. The van der Waals surface area contributed by atoms with Crippen molar-refractivity contribution in [2.24, 2.45) is 5.73 Å². The van der Waals surface area contributed by atoms with Crippen LogP contribution in [0.5, 0.6) is 5.75 Å². The molecule has 0 aromatic heterocycles. The molecule has 2 N–H and O–H groups in total. The first kappa shape index (κ1) is 15.1. The van der Waals surface area contributed by atoms with Crippen molar-refractivity contribution in [2.45, 2.75) is 6.61 Å². The van der Waals surface area contributed by atoms with Crippen LogP contribution in [0.15, 0.2) is 48.5 Å². The number of primary amides is 1. The van der Waals surface area contributed by atoms with Crippen LogP contribution < -0.4 is 10.5 Å². The second-order valence-electron chi connectivity index (χ2n) is 4.31. The van der Waals surface area contributed by atoms with Crippen LogP contribution in [0.1, 0.15) is 11.1 Å². The van der Waals surface area contributed by atoms with Crippen molar-refractivity contribution in [2.75, 3.05) is 0 Å². The van der Waals surface area contributed by atoms with Crippen molar-refractivity contribution in [3.05, 3.63) is 70.5 Å². The molecule has 1 amide bonds. The van der Waals surface area contributed by atoms with Crippen LogP contribution in [0, 0.1) is 5.82 Å². The molecule has 0 fully saturated rings. The summed E-state index contributed by atoms with van der Waals surface area (Å²) in [6, 6.07) is 11.4.